The minimum atomic E-state index is -0.897. The molecule has 0 N–H and O–H groups in total. The van der Waals surface area contributed by atoms with Crippen LogP contribution in [0.25, 0.3) is 0 Å². The molecule has 0 saturated carbocycles. The van der Waals surface area contributed by atoms with E-state index >= 15 is 0 Å². The van der Waals surface area contributed by atoms with Gasteiger partial charge in [0.2, 0.25) is 0 Å². The van der Waals surface area contributed by atoms with Crippen molar-refractivity contribution in [3.05, 3.63) is 23.7 Å². The normalized spacial score (nSPS) is 16.2. The van der Waals surface area contributed by atoms with Crippen LogP contribution in [0.4, 0.5) is 9.59 Å². The van der Waals surface area contributed by atoms with Crippen LogP contribution >= 0.6 is 0 Å². The van der Waals surface area contributed by atoms with E-state index in [2.05, 4.69) is 9.47 Å². The van der Waals surface area contributed by atoms with Crippen LogP contribution in [0.3, 0.4) is 0 Å². The molecule has 1 rings (SSSR count). The summed E-state index contributed by atoms with van der Waals surface area (Å²) in [5.74, 6) is 0.244. The lowest BCUT2D eigenvalue weighted by molar-refractivity contribution is -0.137. The molecule has 0 aromatic heterocycles. The van der Waals surface area contributed by atoms with Crippen molar-refractivity contribution in [2.75, 3.05) is 19.8 Å². The molecular weight excluding hydrogens is 284 g/mol. The molecule has 116 valence electrons. The summed E-state index contributed by atoms with van der Waals surface area (Å²) in [5, 5.41) is 0. The molecule has 1 saturated heterocycles. The van der Waals surface area contributed by atoms with Crippen LogP contribution in [0, 0.1) is 0 Å². The molecule has 0 aromatic rings. The van der Waals surface area contributed by atoms with Crippen molar-refractivity contribution in [2.24, 2.45) is 0 Å². The van der Waals surface area contributed by atoms with E-state index in [0.717, 1.165) is 0 Å². The van der Waals surface area contributed by atoms with E-state index in [9.17, 15) is 14.4 Å². The number of hydrogen-bond acceptors (Lipinski definition) is 8. The fraction of sp³-hybridized carbons (Fsp3) is 0.462. The first kappa shape index (κ1) is 16.5. The van der Waals surface area contributed by atoms with Crippen molar-refractivity contribution in [3.8, 4) is 0 Å². The minimum Gasteiger partial charge on any atom is -0.431 e. The molecule has 0 aliphatic carbocycles. The average molecular weight is 300 g/mol. The average Bonchev–Trinajstić information content (AvgIpc) is 2.83. The molecular formula is C13H16O8. The van der Waals surface area contributed by atoms with Gasteiger partial charge in [-0.2, -0.15) is 0 Å². The Morgan fingerprint density at radius 1 is 1.29 bits per heavy atom. The molecule has 1 aliphatic heterocycles. The van der Waals surface area contributed by atoms with Crippen LogP contribution in [0.1, 0.15) is 20.3 Å². The van der Waals surface area contributed by atoms with Gasteiger partial charge in [0.15, 0.2) is 6.61 Å². The predicted molar refractivity (Wildman–Crippen MR) is 68.0 cm³/mol. The summed E-state index contributed by atoms with van der Waals surface area (Å²) >= 11 is 0. The van der Waals surface area contributed by atoms with Crippen molar-refractivity contribution in [2.45, 2.75) is 20.3 Å². The molecule has 0 atom stereocenters. The van der Waals surface area contributed by atoms with E-state index in [1.165, 1.54) is 19.1 Å². The maximum atomic E-state index is 11.2. The Balaban J connectivity index is 2.23. The second-order valence-corrected chi connectivity index (χ2v) is 3.80. The van der Waals surface area contributed by atoms with Gasteiger partial charge >= 0.3 is 18.3 Å². The van der Waals surface area contributed by atoms with E-state index in [0.29, 0.717) is 12.2 Å². The Morgan fingerprint density at radius 2 is 2.00 bits per heavy atom. The van der Waals surface area contributed by atoms with Crippen LogP contribution in [0.2, 0.25) is 0 Å². The van der Waals surface area contributed by atoms with Gasteiger partial charge in [-0.15, -0.1) is 0 Å². The highest BCUT2D eigenvalue weighted by atomic mass is 16.8. The lowest BCUT2D eigenvalue weighted by atomic mass is 10.3. The standard InChI is InChI=1S/C13H16O8/c1-3-10(20-9(2)14)4-6-17-12(15)18-7-5-11-8-19-13(16)21-11/h4-5H,3,6-8H2,1-2H3/b10-4-,11-5?. The first-order chi connectivity index (χ1) is 10.0. The molecule has 8 heteroatoms. The van der Waals surface area contributed by atoms with Crippen LogP contribution < -0.4 is 0 Å². The largest absolute Gasteiger partial charge is 0.514 e. The summed E-state index contributed by atoms with van der Waals surface area (Å²) in [6.07, 6.45) is 1.67. The minimum absolute atomic E-state index is 0.0161. The third-order valence-electron chi connectivity index (χ3n) is 2.19. The highest BCUT2D eigenvalue weighted by molar-refractivity contribution is 5.67. The van der Waals surface area contributed by atoms with Gasteiger partial charge in [0, 0.05) is 13.3 Å². The fourth-order valence-electron chi connectivity index (χ4n) is 1.29. The van der Waals surface area contributed by atoms with Crippen LogP contribution in [0.15, 0.2) is 23.7 Å². The van der Waals surface area contributed by atoms with Crippen molar-refractivity contribution in [3.63, 3.8) is 0 Å². The fourth-order valence-corrected chi connectivity index (χ4v) is 1.29. The summed E-state index contributed by atoms with van der Waals surface area (Å²) in [5.41, 5.74) is 0. The first-order valence-corrected chi connectivity index (χ1v) is 6.22. The summed E-state index contributed by atoms with van der Waals surface area (Å²) in [7, 11) is 0. The maximum Gasteiger partial charge on any atom is 0.514 e. The van der Waals surface area contributed by atoms with Gasteiger partial charge < -0.3 is 23.7 Å². The quantitative estimate of drug-likeness (QED) is 0.417. The molecule has 0 unspecified atom stereocenters. The third-order valence-corrected chi connectivity index (χ3v) is 2.19. The van der Waals surface area contributed by atoms with Crippen molar-refractivity contribution >= 4 is 18.3 Å². The van der Waals surface area contributed by atoms with Gasteiger partial charge in [0.05, 0.1) is 0 Å². The smallest absolute Gasteiger partial charge is 0.431 e. The molecule has 0 radical (unpaired) electrons. The van der Waals surface area contributed by atoms with E-state index in [4.69, 9.17) is 14.2 Å². The molecule has 8 nitrogen and oxygen atoms in total. The van der Waals surface area contributed by atoms with E-state index in [-0.39, 0.29) is 25.6 Å². The number of allylic oxidation sites excluding steroid dienone is 1. The highest BCUT2D eigenvalue weighted by Crippen LogP contribution is 2.09. The summed E-state index contributed by atoms with van der Waals surface area (Å²) in [6, 6.07) is 0. The lowest BCUT2D eigenvalue weighted by Crippen LogP contribution is -2.09. The number of hydrogen-bond donors (Lipinski definition) is 0. The second-order valence-electron chi connectivity index (χ2n) is 3.80. The van der Waals surface area contributed by atoms with Gasteiger partial charge in [0.1, 0.15) is 24.7 Å². The summed E-state index contributed by atoms with van der Waals surface area (Å²) in [6.45, 7) is 2.90. The molecule has 1 fully saturated rings. The Kier molecular flexibility index (Phi) is 6.79. The zero-order valence-electron chi connectivity index (χ0n) is 11.7. The molecule has 21 heavy (non-hydrogen) atoms. The molecule has 1 aliphatic rings. The SMILES string of the molecule is CC/C(=C/COC(=O)OCC=C1COC(=O)O1)OC(C)=O. The third kappa shape index (κ3) is 7.00. The Morgan fingerprint density at radius 3 is 2.57 bits per heavy atom. The van der Waals surface area contributed by atoms with Crippen molar-refractivity contribution in [1.82, 2.24) is 0 Å². The lowest BCUT2D eigenvalue weighted by Gasteiger charge is -2.05. The molecule has 0 bridgehead atoms. The van der Waals surface area contributed by atoms with Crippen molar-refractivity contribution < 1.29 is 38.1 Å². The maximum absolute atomic E-state index is 11.2. The van der Waals surface area contributed by atoms with E-state index in [1.807, 2.05) is 0 Å². The summed E-state index contributed by atoms with van der Waals surface area (Å²) < 4.78 is 23.4. The van der Waals surface area contributed by atoms with Gasteiger partial charge in [-0.05, 0) is 12.2 Å². The molecule has 0 spiro atoms. The van der Waals surface area contributed by atoms with Crippen LogP contribution in [-0.4, -0.2) is 38.1 Å². The monoisotopic (exact) mass is 300 g/mol. The zero-order chi connectivity index (χ0) is 15.7. The first-order valence-electron chi connectivity index (χ1n) is 6.22. The Hall–Kier alpha value is -2.51. The number of cyclic esters (lactones) is 2. The van der Waals surface area contributed by atoms with Gasteiger partial charge in [-0.25, -0.2) is 9.59 Å². The number of carbonyl (C=O) groups excluding carboxylic acids is 3. The van der Waals surface area contributed by atoms with Crippen LogP contribution in [-0.2, 0) is 28.5 Å². The topological polar surface area (TPSA) is 97.4 Å². The molecule has 0 aromatic carbocycles. The number of rotatable bonds is 6. The zero-order valence-corrected chi connectivity index (χ0v) is 11.7. The van der Waals surface area contributed by atoms with Crippen molar-refractivity contribution in [1.29, 1.82) is 0 Å². The number of carbonyl (C=O) groups is 3. The van der Waals surface area contributed by atoms with E-state index < -0.39 is 18.3 Å². The van der Waals surface area contributed by atoms with Crippen LogP contribution in [0.5, 0.6) is 0 Å². The van der Waals surface area contributed by atoms with Gasteiger partial charge in [-0.3, -0.25) is 4.79 Å². The summed E-state index contributed by atoms with van der Waals surface area (Å²) in [4.78, 5) is 32.6. The Labute approximate surface area is 121 Å². The number of ether oxygens (including phenoxy) is 5. The van der Waals surface area contributed by atoms with E-state index in [1.54, 1.807) is 6.92 Å². The number of esters is 1. The second kappa shape index (κ2) is 8.62. The highest BCUT2D eigenvalue weighted by Gasteiger charge is 2.18. The van der Waals surface area contributed by atoms with Gasteiger partial charge in [0.25, 0.3) is 0 Å². The molecule has 0 amide bonds. The van der Waals surface area contributed by atoms with Gasteiger partial charge in [-0.1, -0.05) is 6.92 Å². The molecule has 1 heterocycles. The predicted octanol–water partition coefficient (Wildman–Crippen LogP) is 2.05. The Bertz CT molecular complexity index is 463.